The zero-order valence-electron chi connectivity index (χ0n) is 11.4. The van der Waals surface area contributed by atoms with Crippen molar-refractivity contribution in [2.75, 3.05) is 7.05 Å². The molecule has 4 heteroatoms. The minimum atomic E-state index is -0.326. The first-order valence-electron chi connectivity index (χ1n) is 6.76. The van der Waals surface area contributed by atoms with Crippen LogP contribution in [-0.4, -0.2) is 23.4 Å². The lowest BCUT2D eigenvalue weighted by atomic mass is 9.94. The van der Waals surface area contributed by atoms with E-state index in [0.29, 0.717) is 13.0 Å². The standard InChI is InChI=1S/C15H21FN2O/c1-18(11-12-5-4-6-13(16)9-12)14(19)10-15(17)7-2-3-8-15/h4-6,9H,2-3,7-8,10-11,17H2,1H3. The Hall–Kier alpha value is -1.42. The van der Waals surface area contributed by atoms with Crippen molar-refractivity contribution in [3.05, 3.63) is 35.6 Å². The van der Waals surface area contributed by atoms with Gasteiger partial charge in [-0.1, -0.05) is 25.0 Å². The van der Waals surface area contributed by atoms with Gasteiger partial charge >= 0.3 is 0 Å². The van der Waals surface area contributed by atoms with Crippen molar-refractivity contribution < 1.29 is 9.18 Å². The van der Waals surface area contributed by atoms with E-state index in [1.54, 1.807) is 18.0 Å². The van der Waals surface area contributed by atoms with Gasteiger partial charge in [0, 0.05) is 25.6 Å². The van der Waals surface area contributed by atoms with E-state index in [1.165, 1.54) is 12.1 Å². The van der Waals surface area contributed by atoms with Crippen LogP contribution < -0.4 is 5.73 Å². The van der Waals surface area contributed by atoms with Gasteiger partial charge in [0.05, 0.1) is 0 Å². The van der Waals surface area contributed by atoms with Crippen LogP contribution in [0, 0.1) is 5.82 Å². The lowest BCUT2D eigenvalue weighted by Crippen LogP contribution is -2.42. The molecule has 0 atom stereocenters. The Morgan fingerprint density at radius 3 is 2.74 bits per heavy atom. The molecule has 0 unspecified atom stereocenters. The van der Waals surface area contributed by atoms with Crippen LogP contribution in [0.3, 0.4) is 0 Å². The van der Waals surface area contributed by atoms with Crippen LogP contribution in [0.4, 0.5) is 4.39 Å². The summed E-state index contributed by atoms with van der Waals surface area (Å²) in [5.41, 5.74) is 6.68. The number of carbonyl (C=O) groups excluding carboxylic acids is 1. The number of nitrogens with zero attached hydrogens (tertiary/aromatic N) is 1. The maximum atomic E-state index is 13.1. The van der Waals surface area contributed by atoms with E-state index in [1.807, 2.05) is 6.07 Å². The van der Waals surface area contributed by atoms with E-state index < -0.39 is 0 Å². The van der Waals surface area contributed by atoms with Crippen LogP contribution in [0.15, 0.2) is 24.3 Å². The summed E-state index contributed by atoms with van der Waals surface area (Å²) in [5, 5.41) is 0. The first-order chi connectivity index (χ1) is 8.98. The molecule has 1 aliphatic rings. The van der Waals surface area contributed by atoms with E-state index in [4.69, 9.17) is 5.73 Å². The molecule has 1 aromatic carbocycles. The van der Waals surface area contributed by atoms with Gasteiger partial charge in [0.15, 0.2) is 0 Å². The van der Waals surface area contributed by atoms with Crippen LogP contribution in [0.5, 0.6) is 0 Å². The zero-order chi connectivity index (χ0) is 13.9. The lowest BCUT2D eigenvalue weighted by molar-refractivity contribution is -0.131. The molecule has 0 saturated heterocycles. The summed E-state index contributed by atoms with van der Waals surface area (Å²) in [4.78, 5) is 13.8. The van der Waals surface area contributed by atoms with Crippen molar-refractivity contribution in [1.82, 2.24) is 4.90 Å². The molecule has 0 spiro atoms. The summed E-state index contributed by atoms with van der Waals surface area (Å²) in [6.07, 6.45) is 4.45. The van der Waals surface area contributed by atoms with Gasteiger partial charge in [-0.15, -0.1) is 0 Å². The first-order valence-corrected chi connectivity index (χ1v) is 6.76. The highest BCUT2D eigenvalue weighted by atomic mass is 19.1. The van der Waals surface area contributed by atoms with Gasteiger partial charge in [-0.05, 0) is 30.5 Å². The third-order valence-corrected chi connectivity index (χ3v) is 3.84. The smallest absolute Gasteiger partial charge is 0.224 e. The molecule has 1 fully saturated rings. The van der Waals surface area contributed by atoms with Gasteiger partial charge < -0.3 is 10.6 Å². The number of nitrogens with two attached hydrogens (primary N) is 1. The molecule has 3 nitrogen and oxygen atoms in total. The van der Waals surface area contributed by atoms with E-state index in [9.17, 15) is 9.18 Å². The average molecular weight is 264 g/mol. The molecule has 1 aromatic rings. The van der Waals surface area contributed by atoms with Crippen molar-refractivity contribution in [1.29, 1.82) is 0 Å². The number of amides is 1. The highest BCUT2D eigenvalue weighted by molar-refractivity contribution is 5.77. The van der Waals surface area contributed by atoms with Crippen LogP contribution in [0.2, 0.25) is 0 Å². The van der Waals surface area contributed by atoms with Gasteiger partial charge in [0.1, 0.15) is 5.82 Å². The van der Waals surface area contributed by atoms with Crippen molar-refractivity contribution in [3.63, 3.8) is 0 Å². The molecule has 0 aromatic heterocycles. The van der Waals surface area contributed by atoms with Crippen molar-refractivity contribution in [2.45, 2.75) is 44.2 Å². The largest absolute Gasteiger partial charge is 0.341 e. The number of hydrogen-bond donors (Lipinski definition) is 1. The average Bonchev–Trinajstić information content (AvgIpc) is 2.75. The quantitative estimate of drug-likeness (QED) is 0.908. The maximum Gasteiger partial charge on any atom is 0.224 e. The molecule has 0 bridgehead atoms. The Morgan fingerprint density at radius 1 is 1.42 bits per heavy atom. The van der Waals surface area contributed by atoms with Crippen molar-refractivity contribution in [2.24, 2.45) is 5.73 Å². The van der Waals surface area contributed by atoms with E-state index >= 15 is 0 Å². The minimum Gasteiger partial charge on any atom is -0.341 e. The molecular formula is C15H21FN2O. The highest BCUT2D eigenvalue weighted by Crippen LogP contribution is 2.30. The molecule has 0 aliphatic heterocycles. The number of carbonyl (C=O) groups is 1. The van der Waals surface area contributed by atoms with E-state index in [2.05, 4.69) is 0 Å². The second-order valence-electron chi connectivity index (χ2n) is 5.63. The third-order valence-electron chi connectivity index (χ3n) is 3.84. The Kier molecular flexibility index (Phi) is 4.20. The zero-order valence-corrected chi connectivity index (χ0v) is 11.4. The van der Waals surface area contributed by atoms with Gasteiger partial charge in [-0.25, -0.2) is 4.39 Å². The Balaban J connectivity index is 1.92. The number of halogens is 1. The van der Waals surface area contributed by atoms with Gasteiger partial charge in [-0.2, -0.15) is 0 Å². The van der Waals surface area contributed by atoms with Crippen LogP contribution in [0.25, 0.3) is 0 Å². The second-order valence-corrected chi connectivity index (χ2v) is 5.63. The van der Waals surface area contributed by atoms with Crippen molar-refractivity contribution >= 4 is 5.91 Å². The summed E-state index contributed by atoms with van der Waals surface area (Å²) >= 11 is 0. The van der Waals surface area contributed by atoms with Crippen molar-refractivity contribution in [3.8, 4) is 0 Å². The third kappa shape index (κ3) is 3.77. The topological polar surface area (TPSA) is 46.3 Å². The molecule has 2 rings (SSSR count). The summed E-state index contributed by atoms with van der Waals surface area (Å²) in [6, 6.07) is 6.33. The fraction of sp³-hybridized carbons (Fsp3) is 0.533. The molecule has 2 N–H and O–H groups in total. The molecule has 1 aliphatic carbocycles. The lowest BCUT2D eigenvalue weighted by Gasteiger charge is -2.26. The summed E-state index contributed by atoms with van der Waals surface area (Å²) < 4.78 is 13.1. The molecule has 104 valence electrons. The Morgan fingerprint density at radius 2 is 2.11 bits per heavy atom. The molecule has 1 saturated carbocycles. The fourth-order valence-corrected chi connectivity index (χ4v) is 2.69. The molecule has 0 heterocycles. The predicted octanol–water partition coefficient (Wildman–Crippen LogP) is 2.45. The molecular weight excluding hydrogens is 243 g/mol. The second kappa shape index (κ2) is 5.70. The molecule has 19 heavy (non-hydrogen) atoms. The maximum absolute atomic E-state index is 13.1. The van der Waals surface area contributed by atoms with E-state index in [0.717, 1.165) is 31.2 Å². The fourth-order valence-electron chi connectivity index (χ4n) is 2.69. The first kappa shape index (κ1) is 14.0. The number of hydrogen-bond acceptors (Lipinski definition) is 2. The monoisotopic (exact) mass is 264 g/mol. The van der Waals surface area contributed by atoms with Gasteiger partial charge in [-0.3, -0.25) is 4.79 Å². The Labute approximate surface area is 113 Å². The van der Waals surface area contributed by atoms with Gasteiger partial charge in [0.2, 0.25) is 5.91 Å². The molecule has 0 radical (unpaired) electrons. The SMILES string of the molecule is CN(Cc1cccc(F)c1)C(=O)CC1(N)CCCC1. The summed E-state index contributed by atoms with van der Waals surface area (Å²) in [5.74, 6) is -0.238. The highest BCUT2D eigenvalue weighted by Gasteiger charge is 2.32. The predicted molar refractivity (Wildman–Crippen MR) is 72.9 cm³/mol. The number of benzene rings is 1. The minimum absolute atomic E-state index is 0.0358. The summed E-state index contributed by atoms with van der Waals surface area (Å²) in [6.45, 7) is 0.423. The van der Waals surface area contributed by atoms with Crippen LogP contribution >= 0.6 is 0 Å². The van der Waals surface area contributed by atoms with Gasteiger partial charge in [0.25, 0.3) is 0 Å². The Bertz CT molecular complexity index is 455. The van der Waals surface area contributed by atoms with Crippen LogP contribution in [0.1, 0.15) is 37.7 Å². The number of rotatable bonds is 4. The van der Waals surface area contributed by atoms with Crippen LogP contribution in [-0.2, 0) is 11.3 Å². The normalized spacial score (nSPS) is 17.4. The molecule has 1 amide bonds. The summed E-state index contributed by atoms with van der Waals surface area (Å²) in [7, 11) is 1.74. The van der Waals surface area contributed by atoms with E-state index in [-0.39, 0.29) is 17.3 Å².